The van der Waals surface area contributed by atoms with Gasteiger partial charge in [0.05, 0.1) is 5.56 Å². The Morgan fingerprint density at radius 2 is 1.67 bits per heavy atom. The molecule has 3 N–H and O–H groups in total. The number of rotatable bonds is 8. The van der Waals surface area contributed by atoms with Crippen molar-refractivity contribution in [3.05, 3.63) is 83.0 Å². The van der Waals surface area contributed by atoms with E-state index in [1.165, 1.54) is 18.4 Å². The van der Waals surface area contributed by atoms with Crippen molar-refractivity contribution in [2.75, 3.05) is 5.73 Å². The first kappa shape index (κ1) is 21.4. The molecule has 0 spiro atoms. The molecule has 0 fully saturated rings. The summed E-state index contributed by atoms with van der Waals surface area (Å²) >= 11 is 0. The summed E-state index contributed by atoms with van der Waals surface area (Å²) in [5.74, 6) is 2.13. The zero-order valence-electron chi connectivity index (χ0n) is 17.8. The molecule has 0 aliphatic carbocycles. The van der Waals surface area contributed by atoms with E-state index in [-0.39, 0.29) is 11.7 Å². The van der Waals surface area contributed by atoms with Crippen molar-refractivity contribution in [1.82, 2.24) is 10.3 Å². The van der Waals surface area contributed by atoms with Crippen LogP contribution in [0.2, 0.25) is 0 Å². The first-order valence-corrected chi connectivity index (χ1v) is 10.3. The number of carbonyl (C=O) groups excluding carboxylic acids is 1. The number of nitrogens with zero attached hydrogens (tertiary/aromatic N) is 1. The number of hydrogen-bond acceptors (Lipinski definition) is 4. The van der Waals surface area contributed by atoms with E-state index >= 15 is 0 Å². The molecule has 5 nitrogen and oxygen atoms in total. The van der Waals surface area contributed by atoms with Crippen LogP contribution in [0.4, 0.5) is 5.82 Å². The van der Waals surface area contributed by atoms with Gasteiger partial charge in [-0.05, 0) is 66.8 Å². The number of ether oxygens (including phenoxy) is 1. The van der Waals surface area contributed by atoms with Gasteiger partial charge in [0, 0.05) is 12.2 Å². The SMILES string of the molecule is CCCC(C)c1ccc(Oc2ccc(CNC(=O)c3ccc(C)nc3N)cc2)cc1. The molecule has 2 aromatic carbocycles. The fourth-order valence-corrected chi connectivity index (χ4v) is 3.32. The maximum Gasteiger partial charge on any atom is 0.255 e. The summed E-state index contributed by atoms with van der Waals surface area (Å²) in [6, 6.07) is 19.4. The van der Waals surface area contributed by atoms with Crippen LogP contribution < -0.4 is 15.8 Å². The minimum Gasteiger partial charge on any atom is -0.457 e. The fourth-order valence-electron chi connectivity index (χ4n) is 3.32. The van der Waals surface area contributed by atoms with Gasteiger partial charge in [-0.1, -0.05) is 44.5 Å². The van der Waals surface area contributed by atoms with E-state index in [0.717, 1.165) is 22.8 Å². The smallest absolute Gasteiger partial charge is 0.255 e. The quantitative estimate of drug-likeness (QED) is 0.513. The number of aromatic nitrogens is 1. The van der Waals surface area contributed by atoms with E-state index in [9.17, 15) is 4.79 Å². The summed E-state index contributed by atoms with van der Waals surface area (Å²) in [6.07, 6.45) is 2.37. The number of carbonyl (C=O) groups is 1. The second-order valence-corrected chi connectivity index (χ2v) is 7.57. The number of nitrogens with one attached hydrogen (secondary N) is 1. The van der Waals surface area contributed by atoms with Crippen molar-refractivity contribution in [2.24, 2.45) is 0 Å². The Morgan fingerprint density at radius 3 is 2.27 bits per heavy atom. The van der Waals surface area contributed by atoms with Crippen LogP contribution in [0, 0.1) is 6.92 Å². The van der Waals surface area contributed by atoms with Gasteiger partial charge in [0.2, 0.25) is 0 Å². The molecule has 1 amide bonds. The molecule has 0 aliphatic rings. The predicted octanol–water partition coefficient (Wildman–Crippen LogP) is 5.60. The van der Waals surface area contributed by atoms with Crippen molar-refractivity contribution in [3.8, 4) is 11.5 Å². The fraction of sp³-hybridized carbons (Fsp3) is 0.280. The minimum absolute atomic E-state index is 0.238. The Labute approximate surface area is 178 Å². The molecule has 0 saturated heterocycles. The van der Waals surface area contributed by atoms with Gasteiger partial charge in [0.1, 0.15) is 17.3 Å². The van der Waals surface area contributed by atoms with Crippen molar-refractivity contribution in [3.63, 3.8) is 0 Å². The Hall–Kier alpha value is -3.34. The average Bonchev–Trinajstić information content (AvgIpc) is 2.74. The van der Waals surface area contributed by atoms with Gasteiger partial charge < -0.3 is 15.8 Å². The molecule has 1 unspecified atom stereocenters. The van der Waals surface area contributed by atoms with Crippen LogP contribution >= 0.6 is 0 Å². The Morgan fingerprint density at radius 1 is 1.03 bits per heavy atom. The molecule has 1 aromatic heterocycles. The highest BCUT2D eigenvalue weighted by molar-refractivity contribution is 5.98. The second kappa shape index (κ2) is 9.92. The third-order valence-electron chi connectivity index (χ3n) is 5.09. The molecular formula is C25H29N3O2. The number of benzene rings is 2. The van der Waals surface area contributed by atoms with Gasteiger partial charge in [0.25, 0.3) is 5.91 Å². The summed E-state index contributed by atoms with van der Waals surface area (Å²) in [4.78, 5) is 16.4. The Kier molecular flexibility index (Phi) is 7.07. The van der Waals surface area contributed by atoms with Crippen molar-refractivity contribution < 1.29 is 9.53 Å². The largest absolute Gasteiger partial charge is 0.457 e. The van der Waals surface area contributed by atoms with Crippen LogP contribution in [0.3, 0.4) is 0 Å². The van der Waals surface area contributed by atoms with Crippen molar-refractivity contribution in [2.45, 2.75) is 46.1 Å². The average molecular weight is 404 g/mol. The van der Waals surface area contributed by atoms with Crippen molar-refractivity contribution in [1.29, 1.82) is 0 Å². The molecule has 0 saturated carbocycles. The lowest BCUT2D eigenvalue weighted by molar-refractivity contribution is 0.0951. The van der Waals surface area contributed by atoms with Gasteiger partial charge in [0.15, 0.2) is 0 Å². The maximum absolute atomic E-state index is 12.3. The number of hydrogen-bond donors (Lipinski definition) is 2. The standard InChI is InChI=1S/C25H29N3O2/c1-4-5-17(2)20-9-13-22(14-10-20)30-21-11-7-19(8-12-21)16-27-25(29)23-15-6-18(3)28-24(23)26/h6-15,17H,4-5,16H2,1-3H3,(H2,26,28)(H,27,29). The number of nitrogens with two attached hydrogens (primary N) is 1. The third kappa shape index (κ3) is 5.60. The van der Waals surface area contributed by atoms with E-state index < -0.39 is 0 Å². The van der Waals surface area contributed by atoms with E-state index in [0.29, 0.717) is 18.0 Å². The zero-order chi connectivity index (χ0) is 21.5. The molecule has 0 bridgehead atoms. The highest BCUT2D eigenvalue weighted by Gasteiger charge is 2.10. The highest BCUT2D eigenvalue weighted by Crippen LogP contribution is 2.26. The monoisotopic (exact) mass is 403 g/mol. The van der Waals surface area contributed by atoms with Gasteiger partial charge in [-0.2, -0.15) is 0 Å². The predicted molar refractivity (Wildman–Crippen MR) is 121 cm³/mol. The normalized spacial score (nSPS) is 11.7. The van der Waals surface area contributed by atoms with E-state index in [1.807, 2.05) is 43.3 Å². The van der Waals surface area contributed by atoms with Crippen LogP contribution in [0.1, 0.15) is 59.8 Å². The number of aryl methyl sites for hydroxylation is 1. The lowest BCUT2D eigenvalue weighted by atomic mass is 9.97. The molecule has 156 valence electrons. The van der Waals surface area contributed by atoms with Crippen LogP contribution in [0.25, 0.3) is 0 Å². The van der Waals surface area contributed by atoms with Crippen LogP contribution in [0.5, 0.6) is 11.5 Å². The molecule has 3 aromatic rings. The number of amides is 1. The molecule has 0 aliphatic heterocycles. The summed E-state index contributed by atoms with van der Waals surface area (Å²) in [6.45, 7) is 6.69. The van der Waals surface area contributed by atoms with Gasteiger partial charge >= 0.3 is 0 Å². The summed E-state index contributed by atoms with van der Waals surface area (Å²) in [5.41, 5.74) is 9.31. The van der Waals surface area contributed by atoms with Crippen LogP contribution in [-0.4, -0.2) is 10.9 Å². The topological polar surface area (TPSA) is 77.2 Å². The Bertz CT molecular complexity index is 982. The number of nitrogen functional groups attached to an aromatic ring is 1. The van der Waals surface area contributed by atoms with Crippen molar-refractivity contribution >= 4 is 11.7 Å². The molecule has 5 heteroatoms. The molecule has 3 rings (SSSR count). The van der Waals surface area contributed by atoms with Crippen LogP contribution in [-0.2, 0) is 6.54 Å². The third-order valence-corrected chi connectivity index (χ3v) is 5.09. The maximum atomic E-state index is 12.3. The molecule has 30 heavy (non-hydrogen) atoms. The van der Waals surface area contributed by atoms with Gasteiger partial charge in [-0.15, -0.1) is 0 Å². The second-order valence-electron chi connectivity index (χ2n) is 7.57. The first-order valence-electron chi connectivity index (χ1n) is 10.3. The Balaban J connectivity index is 1.55. The summed E-state index contributed by atoms with van der Waals surface area (Å²) in [7, 11) is 0. The lowest BCUT2D eigenvalue weighted by Crippen LogP contribution is -2.24. The molecule has 0 radical (unpaired) electrons. The van der Waals surface area contributed by atoms with Gasteiger partial charge in [-0.3, -0.25) is 4.79 Å². The molecular weight excluding hydrogens is 374 g/mol. The number of pyridine rings is 1. The van der Waals surface area contributed by atoms with E-state index in [4.69, 9.17) is 10.5 Å². The van der Waals surface area contributed by atoms with E-state index in [2.05, 4.69) is 36.3 Å². The van der Waals surface area contributed by atoms with Gasteiger partial charge in [-0.25, -0.2) is 4.98 Å². The molecule has 1 heterocycles. The van der Waals surface area contributed by atoms with Crippen LogP contribution in [0.15, 0.2) is 60.7 Å². The lowest BCUT2D eigenvalue weighted by Gasteiger charge is -2.12. The minimum atomic E-state index is -0.238. The first-order chi connectivity index (χ1) is 14.5. The number of anilines is 1. The van der Waals surface area contributed by atoms with E-state index in [1.54, 1.807) is 12.1 Å². The summed E-state index contributed by atoms with van der Waals surface area (Å²) in [5, 5.41) is 2.87. The molecule has 1 atom stereocenters. The zero-order valence-corrected chi connectivity index (χ0v) is 17.8. The summed E-state index contributed by atoms with van der Waals surface area (Å²) < 4.78 is 5.94. The highest BCUT2D eigenvalue weighted by atomic mass is 16.5.